The van der Waals surface area contributed by atoms with E-state index in [1.165, 1.54) is 0 Å². The number of amides is 1. The number of nitrogens with zero attached hydrogens (tertiary/aromatic N) is 3. The summed E-state index contributed by atoms with van der Waals surface area (Å²) in [5, 5.41) is 3.83. The lowest BCUT2D eigenvalue weighted by molar-refractivity contribution is 0.0959. The summed E-state index contributed by atoms with van der Waals surface area (Å²) in [5.74, 6) is 0.975. The zero-order valence-electron chi connectivity index (χ0n) is 11.9. The number of hydrogen-bond acceptors (Lipinski definition) is 7. The van der Waals surface area contributed by atoms with E-state index in [9.17, 15) is 4.79 Å². The van der Waals surface area contributed by atoms with E-state index in [0.29, 0.717) is 17.3 Å². The van der Waals surface area contributed by atoms with Crippen molar-refractivity contribution in [2.45, 2.75) is 33.0 Å². The van der Waals surface area contributed by atoms with Crippen LogP contribution in [0.15, 0.2) is 22.9 Å². The predicted octanol–water partition coefficient (Wildman–Crippen LogP) is 2.08. The van der Waals surface area contributed by atoms with E-state index in [4.69, 9.17) is 19.7 Å². The van der Waals surface area contributed by atoms with Gasteiger partial charge in [0, 0.05) is 17.8 Å². The van der Waals surface area contributed by atoms with Crippen molar-refractivity contribution in [3.63, 3.8) is 0 Å². The number of aromatic nitrogens is 3. The second kappa shape index (κ2) is 6.21. The minimum absolute atomic E-state index is 0.0116. The second-order valence-electron chi connectivity index (χ2n) is 4.58. The molecule has 8 nitrogen and oxygen atoms in total. The summed E-state index contributed by atoms with van der Waals surface area (Å²) >= 11 is 0. The monoisotopic (exact) mass is 292 g/mol. The summed E-state index contributed by atoms with van der Waals surface area (Å²) < 4.78 is 15.3. The molecule has 1 amide bonds. The Morgan fingerprint density at radius 2 is 2.14 bits per heavy atom. The Morgan fingerprint density at radius 1 is 1.38 bits per heavy atom. The van der Waals surface area contributed by atoms with Crippen LogP contribution in [0.2, 0.25) is 0 Å². The summed E-state index contributed by atoms with van der Waals surface area (Å²) in [6, 6.07) is 3.43. The first kappa shape index (κ1) is 14.8. The van der Waals surface area contributed by atoms with Crippen molar-refractivity contribution in [2.75, 3.05) is 0 Å². The van der Waals surface area contributed by atoms with E-state index in [-0.39, 0.29) is 12.0 Å². The van der Waals surface area contributed by atoms with E-state index in [1.807, 2.05) is 13.8 Å². The molecular weight excluding hydrogens is 276 g/mol. The van der Waals surface area contributed by atoms with Gasteiger partial charge in [0.15, 0.2) is 6.10 Å². The molecule has 2 heterocycles. The minimum Gasteiger partial charge on any atom is -0.475 e. The van der Waals surface area contributed by atoms with Crippen LogP contribution < -0.4 is 10.5 Å². The third kappa shape index (κ3) is 3.91. The molecule has 2 rings (SSSR count). The summed E-state index contributed by atoms with van der Waals surface area (Å²) in [4.78, 5) is 18.9. The molecule has 0 aliphatic heterocycles. The molecule has 0 spiro atoms. The number of primary amides is 1. The maximum absolute atomic E-state index is 10.7. The van der Waals surface area contributed by atoms with Crippen molar-refractivity contribution in [1.82, 2.24) is 15.1 Å². The van der Waals surface area contributed by atoms with E-state index >= 15 is 0 Å². The number of rotatable bonds is 5. The molecule has 2 aromatic heterocycles. The van der Waals surface area contributed by atoms with Crippen molar-refractivity contribution in [2.24, 2.45) is 5.73 Å². The fourth-order valence-corrected chi connectivity index (χ4v) is 1.60. The largest absolute Gasteiger partial charge is 0.475 e. The molecule has 1 atom stereocenters. The van der Waals surface area contributed by atoms with Gasteiger partial charge in [-0.1, -0.05) is 5.16 Å². The summed E-state index contributed by atoms with van der Waals surface area (Å²) in [6.45, 7) is 5.40. The van der Waals surface area contributed by atoms with Crippen LogP contribution in [0.1, 0.15) is 32.8 Å². The Hall–Kier alpha value is -2.64. The van der Waals surface area contributed by atoms with Crippen LogP contribution in [0, 0.1) is 0 Å². The highest BCUT2D eigenvalue weighted by Crippen LogP contribution is 2.22. The zero-order chi connectivity index (χ0) is 15.4. The first-order valence-corrected chi connectivity index (χ1v) is 6.38. The second-order valence-corrected chi connectivity index (χ2v) is 4.58. The number of pyridine rings is 1. The third-order valence-electron chi connectivity index (χ3n) is 2.43. The fraction of sp³-hybridized carbons (Fsp3) is 0.385. The molecule has 1 unspecified atom stereocenters. The van der Waals surface area contributed by atoms with E-state index in [1.54, 1.807) is 25.3 Å². The Bertz CT molecular complexity index is 626. The molecule has 0 radical (unpaired) electrons. The summed E-state index contributed by atoms with van der Waals surface area (Å²) in [6.07, 6.45) is -0.0137. The highest BCUT2D eigenvalue weighted by molar-refractivity contribution is 5.64. The normalized spacial score (nSPS) is 12.2. The zero-order valence-corrected chi connectivity index (χ0v) is 11.9. The van der Waals surface area contributed by atoms with Crippen LogP contribution in [-0.4, -0.2) is 27.3 Å². The van der Waals surface area contributed by atoms with Gasteiger partial charge in [0.2, 0.25) is 11.7 Å². The lowest BCUT2D eigenvalue weighted by Gasteiger charge is -2.08. The molecule has 0 aliphatic carbocycles. The molecular formula is C13H16N4O4. The number of hydrogen-bond donors (Lipinski definition) is 1. The van der Waals surface area contributed by atoms with E-state index in [2.05, 4.69) is 15.1 Å². The topological polar surface area (TPSA) is 113 Å². The van der Waals surface area contributed by atoms with Crippen molar-refractivity contribution in [1.29, 1.82) is 0 Å². The Labute approximate surface area is 121 Å². The Kier molecular flexibility index (Phi) is 4.36. The molecule has 0 aliphatic rings. The van der Waals surface area contributed by atoms with Crippen LogP contribution in [0.5, 0.6) is 5.88 Å². The molecule has 2 N–H and O–H groups in total. The average Bonchev–Trinajstić information content (AvgIpc) is 2.87. The predicted molar refractivity (Wildman–Crippen MR) is 72.4 cm³/mol. The van der Waals surface area contributed by atoms with Crippen molar-refractivity contribution < 1.29 is 18.8 Å². The summed E-state index contributed by atoms with van der Waals surface area (Å²) in [7, 11) is 0. The van der Waals surface area contributed by atoms with Crippen LogP contribution in [0.25, 0.3) is 11.4 Å². The smallest absolute Gasteiger partial charge is 0.405 e. The molecule has 0 saturated carbocycles. The third-order valence-corrected chi connectivity index (χ3v) is 2.43. The van der Waals surface area contributed by atoms with Gasteiger partial charge in [0.1, 0.15) is 0 Å². The molecule has 8 heteroatoms. The maximum Gasteiger partial charge on any atom is 0.405 e. The van der Waals surface area contributed by atoms with Crippen LogP contribution >= 0.6 is 0 Å². The van der Waals surface area contributed by atoms with Gasteiger partial charge in [0.05, 0.1) is 6.10 Å². The van der Waals surface area contributed by atoms with Gasteiger partial charge in [-0.05, 0) is 26.8 Å². The molecule has 0 bridgehead atoms. The number of ether oxygens (including phenoxy) is 2. The average molecular weight is 292 g/mol. The molecule has 112 valence electrons. The number of carbonyl (C=O) groups is 1. The minimum atomic E-state index is -0.904. The van der Waals surface area contributed by atoms with Gasteiger partial charge in [-0.2, -0.15) is 4.98 Å². The molecule has 21 heavy (non-hydrogen) atoms. The molecule has 0 aromatic carbocycles. The van der Waals surface area contributed by atoms with Gasteiger partial charge < -0.3 is 19.7 Å². The standard InChI is InChI=1S/C13H16N4O4/c1-7(2)19-10-6-9(4-5-15-10)11-16-12(21-17-11)8(3)20-13(14)18/h4-8H,1-3H3,(H2,14,18). The lowest BCUT2D eigenvalue weighted by Crippen LogP contribution is -2.15. The van der Waals surface area contributed by atoms with Crippen molar-refractivity contribution in [3.05, 3.63) is 24.2 Å². The number of carbonyl (C=O) groups excluding carboxylic acids is 1. The van der Waals surface area contributed by atoms with Gasteiger partial charge in [-0.15, -0.1) is 0 Å². The van der Waals surface area contributed by atoms with Crippen LogP contribution in [-0.2, 0) is 4.74 Å². The summed E-state index contributed by atoms with van der Waals surface area (Å²) in [5.41, 5.74) is 5.62. The van der Waals surface area contributed by atoms with Crippen molar-refractivity contribution in [3.8, 4) is 17.3 Å². The lowest BCUT2D eigenvalue weighted by atomic mass is 10.2. The fourth-order valence-electron chi connectivity index (χ4n) is 1.60. The van der Waals surface area contributed by atoms with Gasteiger partial charge in [-0.25, -0.2) is 9.78 Å². The Balaban J connectivity index is 2.19. The molecule has 0 fully saturated rings. The Morgan fingerprint density at radius 3 is 2.81 bits per heavy atom. The number of nitrogens with two attached hydrogens (primary N) is 1. The highest BCUT2D eigenvalue weighted by Gasteiger charge is 2.18. The van der Waals surface area contributed by atoms with Gasteiger partial charge in [-0.3, -0.25) is 0 Å². The molecule has 2 aromatic rings. The first-order chi connectivity index (χ1) is 9.95. The van der Waals surface area contributed by atoms with Gasteiger partial charge >= 0.3 is 6.09 Å². The SMILES string of the molecule is CC(C)Oc1cc(-c2noc(C(C)OC(N)=O)n2)ccn1. The van der Waals surface area contributed by atoms with E-state index < -0.39 is 12.2 Å². The maximum atomic E-state index is 10.7. The van der Waals surface area contributed by atoms with Crippen LogP contribution in [0.4, 0.5) is 4.79 Å². The van der Waals surface area contributed by atoms with E-state index in [0.717, 1.165) is 0 Å². The first-order valence-electron chi connectivity index (χ1n) is 6.38. The highest BCUT2D eigenvalue weighted by atomic mass is 16.6. The molecule has 0 saturated heterocycles. The quantitative estimate of drug-likeness (QED) is 0.897. The van der Waals surface area contributed by atoms with Crippen LogP contribution in [0.3, 0.4) is 0 Å². The van der Waals surface area contributed by atoms with Gasteiger partial charge in [0.25, 0.3) is 5.89 Å². The van der Waals surface area contributed by atoms with Crippen molar-refractivity contribution >= 4 is 6.09 Å².